The van der Waals surface area contributed by atoms with Crippen molar-refractivity contribution in [2.75, 3.05) is 32.4 Å². The van der Waals surface area contributed by atoms with E-state index in [4.69, 9.17) is 0 Å². The third-order valence-corrected chi connectivity index (χ3v) is 5.26. The lowest BCUT2D eigenvalue weighted by Gasteiger charge is -2.18. The van der Waals surface area contributed by atoms with Crippen molar-refractivity contribution < 1.29 is 21.9 Å². The number of hydrogen-bond acceptors (Lipinski definition) is 4. The van der Waals surface area contributed by atoms with E-state index < -0.39 is 16.6 Å². The van der Waals surface area contributed by atoms with Gasteiger partial charge in [-0.15, -0.1) is 0 Å². The Morgan fingerprint density at radius 2 is 2.00 bits per heavy atom. The molecule has 0 aliphatic carbocycles. The molecule has 7 nitrogen and oxygen atoms in total. The third-order valence-electron chi connectivity index (χ3n) is 3.88. The molecule has 0 fully saturated rings. The summed E-state index contributed by atoms with van der Waals surface area (Å²) in [5, 5.41) is 6.20. The van der Waals surface area contributed by atoms with Gasteiger partial charge in [-0.05, 0) is 26.3 Å². The zero-order valence-corrected chi connectivity index (χ0v) is 17.7. The van der Waals surface area contributed by atoms with Gasteiger partial charge in [0.2, 0.25) is 10.0 Å². The molecule has 0 aliphatic rings. The van der Waals surface area contributed by atoms with Crippen molar-refractivity contribution in [2.45, 2.75) is 40.3 Å². The molecule has 160 valence electrons. The molecule has 1 aromatic rings. The predicted molar refractivity (Wildman–Crippen MR) is 107 cm³/mol. The van der Waals surface area contributed by atoms with Gasteiger partial charge in [-0.3, -0.25) is 0 Å². The number of rotatable bonds is 11. The molecule has 0 unspecified atom stereocenters. The van der Waals surface area contributed by atoms with Crippen molar-refractivity contribution in [1.29, 1.82) is 0 Å². The van der Waals surface area contributed by atoms with Gasteiger partial charge in [-0.2, -0.15) is 8.78 Å². The van der Waals surface area contributed by atoms with Crippen LogP contribution < -0.4 is 15.4 Å². The van der Waals surface area contributed by atoms with Crippen molar-refractivity contribution in [3.63, 3.8) is 0 Å². The van der Waals surface area contributed by atoms with E-state index in [1.165, 1.54) is 16.6 Å². The molecule has 10 heteroatoms. The van der Waals surface area contributed by atoms with Gasteiger partial charge in [0.25, 0.3) is 0 Å². The van der Waals surface area contributed by atoms with Gasteiger partial charge in [-0.1, -0.05) is 24.6 Å². The Morgan fingerprint density at radius 3 is 2.57 bits per heavy atom. The molecule has 2 N–H and O–H groups in total. The van der Waals surface area contributed by atoms with E-state index >= 15 is 0 Å². The van der Waals surface area contributed by atoms with E-state index in [2.05, 4.69) is 20.4 Å². The summed E-state index contributed by atoms with van der Waals surface area (Å²) in [5.74, 6) is 0.626. The maximum absolute atomic E-state index is 12.6. The number of ether oxygens (including phenoxy) is 1. The highest BCUT2D eigenvalue weighted by molar-refractivity contribution is 7.88. The minimum absolute atomic E-state index is 0.104. The van der Waals surface area contributed by atoms with E-state index in [1.807, 2.05) is 13.8 Å². The van der Waals surface area contributed by atoms with Crippen LogP contribution in [0.5, 0.6) is 5.75 Å². The summed E-state index contributed by atoms with van der Waals surface area (Å²) >= 11 is 0. The van der Waals surface area contributed by atoms with Crippen LogP contribution >= 0.6 is 0 Å². The number of benzene rings is 1. The summed E-state index contributed by atoms with van der Waals surface area (Å²) in [4.78, 5) is 4.42. The summed E-state index contributed by atoms with van der Waals surface area (Å²) in [5.41, 5.74) is 1.48. The molecule has 1 rings (SSSR count). The van der Waals surface area contributed by atoms with E-state index in [1.54, 1.807) is 19.1 Å². The molecule has 0 radical (unpaired) electrons. The van der Waals surface area contributed by atoms with Crippen LogP contribution in [0.15, 0.2) is 23.2 Å². The second-order valence-corrected chi connectivity index (χ2v) is 8.20. The van der Waals surface area contributed by atoms with Crippen molar-refractivity contribution in [1.82, 2.24) is 14.9 Å². The highest BCUT2D eigenvalue weighted by atomic mass is 32.2. The number of halogens is 2. The highest BCUT2D eigenvalue weighted by Crippen LogP contribution is 2.22. The first-order valence-electron chi connectivity index (χ1n) is 9.19. The Labute approximate surface area is 166 Å². The Kier molecular flexibility index (Phi) is 10.2. The van der Waals surface area contributed by atoms with Crippen LogP contribution in [0.25, 0.3) is 0 Å². The summed E-state index contributed by atoms with van der Waals surface area (Å²) in [7, 11) is -3.21. The molecule has 0 aliphatic heterocycles. The summed E-state index contributed by atoms with van der Waals surface area (Å²) < 4.78 is 54.3. The fourth-order valence-corrected chi connectivity index (χ4v) is 3.50. The largest absolute Gasteiger partial charge is 0.434 e. The zero-order valence-electron chi connectivity index (χ0n) is 16.8. The van der Waals surface area contributed by atoms with Gasteiger partial charge < -0.3 is 15.4 Å². The Bertz CT molecular complexity index is 742. The van der Waals surface area contributed by atoms with E-state index in [0.29, 0.717) is 44.1 Å². The molecule has 0 saturated heterocycles. The number of guanidine groups is 1. The van der Waals surface area contributed by atoms with Gasteiger partial charge in [0.05, 0.1) is 12.8 Å². The van der Waals surface area contributed by atoms with Crippen molar-refractivity contribution >= 4 is 16.0 Å². The SMILES string of the molecule is CCNC(=NCc1cc(C)ccc1OC(F)F)NCCCN(CC)S(C)(=O)=O. The molecule has 0 spiro atoms. The van der Waals surface area contributed by atoms with Crippen LogP contribution in [0, 0.1) is 6.92 Å². The monoisotopic (exact) mass is 420 g/mol. The quantitative estimate of drug-likeness (QED) is 0.326. The van der Waals surface area contributed by atoms with Gasteiger partial charge in [0.1, 0.15) is 5.75 Å². The molecule has 0 aromatic heterocycles. The number of nitrogens with zero attached hydrogens (tertiary/aromatic N) is 2. The van der Waals surface area contributed by atoms with Gasteiger partial charge in [0, 0.05) is 31.7 Å². The first-order valence-corrected chi connectivity index (χ1v) is 11.0. The fourth-order valence-electron chi connectivity index (χ4n) is 2.57. The Morgan fingerprint density at radius 1 is 1.29 bits per heavy atom. The predicted octanol–water partition coefficient (Wildman–Crippen LogP) is 2.32. The highest BCUT2D eigenvalue weighted by Gasteiger charge is 2.13. The molecule has 0 saturated carbocycles. The molecule has 0 amide bonds. The van der Waals surface area contributed by atoms with E-state index in [-0.39, 0.29) is 12.3 Å². The second-order valence-electron chi connectivity index (χ2n) is 6.22. The zero-order chi connectivity index (χ0) is 21.2. The molecule has 0 heterocycles. The number of aryl methyl sites for hydroxylation is 1. The summed E-state index contributed by atoms with van der Waals surface area (Å²) in [6.45, 7) is 4.83. The number of aliphatic imine (C=N–C) groups is 1. The topological polar surface area (TPSA) is 83.0 Å². The van der Waals surface area contributed by atoms with Crippen molar-refractivity contribution in [3.8, 4) is 5.75 Å². The summed E-state index contributed by atoms with van der Waals surface area (Å²) in [6.07, 6.45) is 1.80. The second kappa shape index (κ2) is 11.8. The molecular formula is C18H30F2N4O3S. The van der Waals surface area contributed by atoms with Crippen LogP contribution in [0.3, 0.4) is 0 Å². The molecule has 0 atom stereocenters. The minimum atomic E-state index is -3.21. The van der Waals surface area contributed by atoms with Gasteiger partial charge in [0.15, 0.2) is 5.96 Å². The van der Waals surface area contributed by atoms with Crippen LogP contribution in [-0.2, 0) is 16.6 Å². The fraction of sp³-hybridized carbons (Fsp3) is 0.611. The number of hydrogen-bond donors (Lipinski definition) is 2. The molecular weight excluding hydrogens is 390 g/mol. The number of nitrogens with one attached hydrogen (secondary N) is 2. The number of alkyl halides is 2. The molecule has 1 aromatic carbocycles. The van der Waals surface area contributed by atoms with E-state index in [0.717, 1.165) is 5.56 Å². The maximum Gasteiger partial charge on any atom is 0.387 e. The average molecular weight is 421 g/mol. The smallest absolute Gasteiger partial charge is 0.387 e. The molecule has 28 heavy (non-hydrogen) atoms. The maximum atomic E-state index is 12.6. The van der Waals surface area contributed by atoms with Crippen LogP contribution in [-0.4, -0.2) is 57.7 Å². The van der Waals surface area contributed by atoms with Gasteiger partial charge in [-0.25, -0.2) is 17.7 Å². The summed E-state index contributed by atoms with van der Waals surface area (Å²) in [6, 6.07) is 4.98. The third kappa shape index (κ3) is 8.83. The standard InChI is InChI=1S/C18H30F2N4O3S/c1-5-21-18(22-10-7-11-24(6-2)28(4,25)26)23-13-15-12-14(3)8-9-16(15)27-17(19)20/h8-9,12,17H,5-7,10-11,13H2,1-4H3,(H2,21,22,23). The van der Waals surface area contributed by atoms with E-state index in [9.17, 15) is 17.2 Å². The lowest BCUT2D eigenvalue weighted by Crippen LogP contribution is -2.39. The van der Waals surface area contributed by atoms with Crippen LogP contribution in [0.2, 0.25) is 0 Å². The first-order chi connectivity index (χ1) is 13.2. The van der Waals surface area contributed by atoms with Crippen LogP contribution in [0.1, 0.15) is 31.4 Å². The van der Waals surface area contributed by atoms with Crippen LogP contribution in [0.4, 0.5) is 8.78 Å². The Hall–Kier alpha value is -1.94. The van der Waals surface area contributed by atoms with Crippen molar-refractivity contribution in [3.05, 3.63) is 29.3 Å². The number of sulfonamides is 1. The molecule has 0 bridgehead atoms. The van der Waals surface area contributed by atoms with Crippen molar-refractivity contribution in [2.24, 2.45) is 4.99 Å². The average Bonchev–Trinajstić information content (AvgIpc) is 2.60. The van der Waals surface area contributed by atoms with Gasteiger partial charge >= 0.3 is 6.61 Å². The lowest BCUT2D eigenvalue weighted by molar-refractivity contribution is -0.0504. The normalized spacial score (nSPS) is 12.5. The first kappa shape index (κ1) is 24.1. The minimum Gasteiger partial charge on any atom is -0.434 e. The lowest BCUT2D eigenvalue weighted by atomic mass is 10.1. The Balaban J connectivity index is 2.71.